The lowest BCUT2D eigenvalue weighted by molar-refractivity contribution is -0.139. The Balaban J connectivity index is 4.13. The Morgan fingerprint density at radius 1 is 1.25 bits per heavy atom. The zero-order valence-electron chi connectivity index (χ0n) is 9.23. The first-order valence-electron chi connectivity index (χ1n) is 4.94. The number of hydrogen-bond donors (Lipinski definition) is 3. The molecule has 0 radical (unpaired) electrons. The van der Waals surface area contributed by atoms with E-state index < -0.39 is 11.9 Å². The third-order valence-corrected chi connectivity index (χ3v) is 1.68. The number of hydrogen-bond acceptors (Lipinski definition) is 4. The molecule has 0 unspecified atom stereocenters. The smallest absolute Gasteiger partial charge is 0.317 e. The molecule has 0 aromatic carbocycles. The topological polar surface area (TPSA) is 113 Å². The Labute approximate surface area is 93.6 Å². The number of carboxylic acids is 1. The van der Waals surface area contributed by atoms with E-state index in [-0.39, 0.29) is 25.5 Å². The van der Waals surface area contributed by atoms with Crippen molar-refractivity contribution in [3.63, 3.8) is 0 Å². The van der Waals surface area contributed by atoms with Crippen LogP contribution < -0.4 is 11.1 Å². The molecule has 16 heavy (non-hydrogen) atoms. The van der Waals surface area contributed by atoms with E-state index in [1.54, 1.807) is 0 Å². The number of carbonyl (C=O) groups is 3. The maximum atomic E-state index is 11.3. The van der Waals surface area contributed by atoms with Gasteiger partial charge in [0.25, 0.3) is 0 Å². The van der Waals surface area contributed by atoms with Crippen molar-refractivity contribution in [3.8, 4) is 0 Å². The summed E-state index contributed by atoms with van der Waals surface area (Å²) in [6.07, 6.45) is 0.792. The second-order valence-corrected chi connectivity index (χ2v) is 3.36. The number of nitrogens with two attached hydrogens (primary N) is 1. The van der Waals surface area contributed by atoms with E-state index in [9.17, 15) is 14.4 Å². The van der Waals surface area contributed by atoms with Gasteiger partial charge in [0.15, 0.2) is 0 Å². The molecule has 0 rings (SSSR count). The van der Waals surface area contributed by atoms with Crippen molar-refractivity contribution in [2.45, 2.75) is 13.3 Å². The fraction of sp³-hybridized carbons (Fsp3) is 0.667. The minimum Gasteiger partial charge on any atom is -0.480 e. The van der Waals surface area contributed by atoms with Crippen LogP contribution in [0.3, 0.4) is 0 Å². The number of nitrogens with zero attached hydrogens (tertiary/aromatic N) is 1. The van der Waals surface area contributed by atoms with E-state index in [0.717, 1.165) is 6.42 Å². The highest BCUT2D eigenvalue weighted by Gasteiger charge is 2.15. The summed E-state index contributed by atoms with van der Waals surface area (Å²) in [5.41, 5.74) is 4.94. The van der Waals surface area contributed by atoms with Crippen molar-refractivity contribution < 1.29 is 19.5 Å². The molecule has 0 fully saturated rings. The molecule has 0 aliphatic rings. The van der Waals surface area contributed by atoms with Gasteiger partial charge in [0.05, 0.1) is 19.6 Å². The van der Waals surface area contributed by atoms with Crippen LogP contribution in [0.5, 0.6) is 0 Å². The molecule has 7 nitrogen and oxygen atoms in total. The molecule has 0 aromatic rings. The number of nitrogens with one attached hydrogen (secondary N) is 1. The predicted molar refractivity (Wildman–Crippen MR) is 56.6 cm³/mol. The number of carboxylic acid groups (broad SMARTS) is 1. The van der Waals surface area contributed by atoms with E-state index in [2.05, 4.69) is 5.32 Å². The van der Waals surface area contributed by atoms with Gasteiger partial charge in [-0.05, 0) is 6.42 Å². The third kappa shape index (κ3) is 7.74. The maximum absolute atomic E-state index is 11.3. The fourth-order valence-corrected chi connectivity index (χ4v) is 1.10. The van der Waals surface area contributed by atoms with E-state index in [1.165, 1.54) is 4.90 Å². The van der Waals surface area contributed by atoms with Crippen molar-refractivity contribution in [2.75, 3.05) is 26.2 Å². The highest BCUT2D eigenvalue weighted by molar-refractivity contribution is 5.81. The van der Waals surface area contributed by atoms with Gasteiger partial charge < -0.3 is 16.2 Å². The van der Waals surface area contributed by atoms with Gasteiger partial charge in [0.2, 0.25) is 11.8 Å². The minimum absolute atomic E-state index is 0.144. The number of carbonyl (C=O) groups excluding carboxylic acids is 2. The monoisotopic (exact) mass is 231 g/mol. The standard InChI is InChI=1S/C9H17N3O4/c1-2-3-11-8(14)5-12(4-7(10)13)6-9(15)16/h2-6H2,1H3,(H2,10,13)(H,11,14)(H,15,16). The van der Waals surface area contributed by atoms with Crippen LogP contribution in [0.25, 0.3) is 0 Å². The van der Waals surface area contributed by atoms with E-state index >= 15 is 0 Å². The SMILES string of the molecule is CCCNC(=O)CN(CC(N)=O)CC(=O)O. The molecule has 0 saturated carbocycles. The molecule has 92 valence electrons. The van der Waals surface area contributed by atoms with Gasteiger partial charge in [-0.1, -0.05) is 6.92 Å². The summed E-state index contributed by atoms with van der Waals surface area (Å²) in [5, 5.41) is 11.1. The number of primary amides is 1. The van der Waals surface area contributed by atoms with Gasteiger partial charge in [-0.15, -0.1) is 0 Å². The molecule has 2 amide bonds. The van der Waals surface area contributed by atoms with Crippen LogP contribution in [0.2, 0.25) is 0 Å². The molecule has 0 saturated heterocycles. The van der Waals surface area contributed by atoms with Crippen LogP contribution in [0, 0.1) is 0 Å². The molecule has 4 N–H and O–H groups in total. The summed E-state index contributed by atoms with van der Waals surface area (Å²) in [6, 6.07) is 0. The molecule has 7 heteroatoms. The molecule has 0 aliphatic heterocycles. The average molecular weight is 231 g/mol. The van der Waals surface area contributed by atoms with Crippen molar-refractivity contribution in [2.24, 2.45) is 5.73 Å². The first-order valence-corrected chi connectivity index (χ1v) is 4.94. The highest BCUT2D eigenvalue weighted by Crippen LogP contribution is 1.88. The van der Waals surface area contributed by atoms with Crippen LogP contribution in [-0.4, -0.2) is 54.0 Å². The van der Waals surface area contributed by atoms with Gasteiger partial charge >= 0.3 is 5.97 Å². The Morgan fingerprint density at radius 3 is 2.31 bits per heavy atom. The first-order chi connectivity index (χ1) is 7.45. The predicted octanol–water partition coefficient (Wildman–Crippen LogP) is -1.62. The lowest BCUT2D eigenvalue weighted by atomic mass is 10.4. The van der Waals surface area contributed by atoms with Crippen molar-refractivity contribution in [1.29, 1.82) is 0 Å². The van der Waals surface area contributed by atoms with Gasteiger partial charge in [-0.25, -0.2) is 0 Å². The van der Waals surface area contributed by atoms with E-state index in [1.807, 2.05) is 6.92 Å². The lowest BCUT2D eigenvalue weighted by Gasteiger charge is -2.17. The highest BCUT2D eigenvalue weighted by atomic mass is 16.4. The average Bonchev–Trinajstić information content (AvgIpc) is 2.12. The molecular formula is C9H17N3O4. The minimum atomic E-state index is -1.11. The number of amides is 2. The summed E-state index contributed by atoms with van der Waals surface area (Å²) in [6.45, 7) is 1.65. The Kier molecular flexibility index (Phi) is 6.86. The first kappa shape index (κ1) is 14.4. The van der Waals surface area contributed by atoms with Crippen LogP contribution >= 0.6 is 0 Å². The quantitative estimate of drug-likeness (QED) is 0.465. The van der Waals surface area contributed by atoms with E-state index in [4.69, 9.17) is 10.8 Å². The van der Waals surface area contributed by atoms with Crippen LogP contribution in [-0.2, 0) is 14.4 Å². The zero-order chi connectivity index (χ0) is 12.6. The molecule has 0 aromatic heterocycles. The van der Waals surface area contributed by atoms with Crippen LogP contribution in [0.15, 0.2) is 0 Å². The summed E-state index contributed by atoms with van der Waals surface area (Å²) < 4.78 is 0. The third-order valence-electron chi connectivity index (χ3n) is 1.68. The van der Waals surface area contributed by atoms with Crippen LogP contribution in [0.1, 0.15) is 13.3 Å². The van der Waals surface area contributed by atoms with Gasteiger partial charge in [0, 0.05) is 6.54 Å². The van der Waals surface area contributed by atoms with Crippen molar-refractivity contribution in [3.05, 3.63) is 0 Å². The Hall–Kier alpha value is -1.63. The second-order valence-electron chi connectivity index (χ2n) is 3.36. The summed E-state index contributed by atoms with van der Waals surface area (Å²) in [5.74, 6) is -2.08. The Bertz CT molecular complexity index is 251. The van der Waals surface area contributed by atoms with Gasteiger partial charge in [-0.2, -0.15) is 0 Å². The lowest BCUT2D eigenvalue weighted by Crippen LogP contribution is -2.43. The summed E-state index contributed by atoms with van der Waals surface area (Å²) in [7, 11) is 0. The van der Waals surface area contributed by atoms with Crippen LogP contribution in [0.4, 0.5) is 0 Å². The molecule has 0 spiro atoms. The molecule has 0 atom stereocenters. The van der Waals surface area contributed by atoms with Gasteiger partial charge in [0.1, 0.15) is 0 Å². The van der Waals surface area contributed by atoms with E-state index in [0.29, 0.717) is 6.54 Å². The second kappa shape index (κ2) is 7.63. The summed E-state index contributed by atoms with van der Waals surface area (Å²) >= 11 is 0. The molecule has 0 bridgehead atoms. The molecule has 0 heterocycles. The largest absolute Gasteiger partial charge is 0.480 e. The molecular weight excluding hydrogens is 214 g/mol. The normalized spacial score (nSPS) is 10.1. The molecule has 0 aliphatic carbocycles. The van der Waals surface area contributed by atoms with Gasteiger partial charge in [-0.3, -0.25) is 19.3 Å². The van der Waals surface area contributed by atoms with Crippen molar-refractivity contribution >= 4 is 17.8 Å². The number of aliphatic carboxylic acids is 1. The Morgan fingerprint density at radius 2 is 1.88 bits per heavy atom. The zero-order valence-corrected chi connectivity index (χ0v) is 9.23. The summed E-state index contributed by atoms with van der Waals surface area (Å²) in [4.78, 5) is 33.6. The maximum Gasteiger partial charge on any atom is 0.317 e. The number of rotatable bonds is 8. The fourth-order valence-electron chi connectivity index (χ4n) is 1.10. The van der Waals surface area contributed by atoms with Crippen molar-refractivity contribution in [1.82, 2.24) is 10.2 Å².